The van der Waals surface area contributed by atoms with E-state index in [0.29, 0.717) is 24.5 Å². The Kier molecular flexibility index (Phi) is 3.95. The maximum atomic E-state index is 12.0. The zero-order valence-electron chi connectivity index (χ0n) is 9.53. The molecular weight excluding hydrogens is 204 g/mol. The van der Waals surface area contributed by atoms with Crippen LogP contribution < -0.4 is 5.73 Å². The number of nitrogen functional groups attached to an aromatic ring is 1. The second-order valence-corrected chi connectivity index (χ2v) is 3.72. The number of H-pyrrole nitrogens is 1. The second-order valence-electron chi connectivity index (χ2n) is 3.72. The van der Waals surface area contributed by atoms with E-state index in [2.05, 4.69) is 11.1 Å². The summed E-state index contributed by atoms with van der Waals surface area (Å²) in [4.78, 5) is 16.4. The normalized spacial score (nSPS) is 11.8. The molecule has 1 atom stereocenters. The summed E-state index contributed by atoms with van der Waals surface area (Å²) < 4.78 is 0. The summed E-state index contributed by atoms with van der Waals surface area (Å²) in [6.45, 7) is 4.68. The van der Waals surface area contributed by atoms with Crippen LogP contribution in [0.25, 0.3) is 0 Å². The van der Waals surface area contributed by atoms with Crippen LogP contribution in [0.1, 0.15) is 24.3 Å². The van der Waals surface area contributed by atoms with E-state index in [1.807, 2.05) is 6.92 Å². The van der Waals surface area contributed by atoms with Crippen molar-refractivity contribution in [2.45, 2.75) is 13.8 Å². The van der Waals surface area contributed by atoms with Gasteiger partial charge in [-0.2, -0.15) is 5.26 Å². The highest BCUT2D eigenvalue weighted by Gasteiger charge is 2.17. The van der Waals surface area contributed by atoms with Crippen molar-refractivity contribution in [3.63, 3.8) is 0 Å². The Bertz CT molecular complexity index is 404. The Morgan fingerprint density at radius 2 is 2.44 bits per heavy atom. The molecule has 86 valence electrons. The van der Waals surface area contributed by atoms with E-state index in [1.165, 1.54) is 0 Å². The number of nitrogens with zero attached hydrogens (tertiary/aromatic N) is 2. The minimum Gasteiger partial charge on any atom is -0.397 e. The summed E-state index contributed by atoms with van der Waals surface area (Å²) in [6, 6.07) is 3.71. The molecule has 0 radical (unpaired) electrons. The number of anilines is 1. The van der Waals surface area contributed by atoms with Crippen molar-refractivity contribution in [1.82, 2.24) is 9.88 Å². The van der Waals surface area contributed by atoms with Crippen LogP contribution in [-0.2, 0) is 0 Å². The first kappa shape index (κ1) is 12.1. The lowest BCUT2D eigenvalue weighted by atomic mass is 10.2. The molecule has 1 amide bonds. The van der Waals surface area contributed by atoms with Crippen molar-refractivity contribution in [2.75, 3.05) is 18.8 Å². The van der Waals surface area contributed by atoms with Crippen molar-refractivity contribution in [3.05, 3.63) is 18.0 Å². The molecule has 0 aromatic carbocycles. The second kappa shape index (κ2) is 5.21. The van der Waals surface area contributed by atoms with E-state index in [9.17, 15) is 4.79 Å². The first-order chi connectivity index (χ1) is 7.58. The van der Waals surface area contributed by atoms with Gasteiger partial charge in [-0.1, -0.05) is 0 Å². The molecule has 0 saturated heterocycles. The maximum Gasteiger partial charge on any atom is 0.270 e. The van der Waals surface area contributed by atoms with Crippen molar-refractivity contribution in [3.8, 4) is 6.07 Å². The summed E-state index contributed by atoms with van der Waals surface area (Å²) in [6.07, 6.45) is 1.58. The highest BCUT2D eigenvalue weighted by Crippen LogP contribution is 2.09. The molecule has 1 aromatic heterocycles. The van der Waals surface area contributed by atoms with Crippen LogP contribution in [0, 0.1) is 17.2 Å². The van der Waals surface area contributed by atoms with Crippen molar-refractivity contribution < 1.29 is 4.79 Å². The lowest BCUT2D eigenvalue weighted by molar-refractivity contribution is 0.0747. The van der Waals surface area contributed by atoms with Gasteiger partial charge in [0, 0.05) is 25.0 Å². The van der Waals surface area contributed by atoms with Gasteiger partial charge in [0.05, 0.1) is 12.0 Å². The number of aromatic amines is 1. The van der Waals surface area contributed by atoms with Gasteiger partial charge in [-0.25, -0.2) is 0 Å². The highest BCUT2D eigenvalue weighted by atomic mass is 16.2. The molecule has 0 bridgehead atoms. The van der Waals surface area contributed by atoms with Gasteiger partial charge < -0.3 is 15.6 Å². The van der Waals surface area contributed by atoms with Crippen molar-refractivity contribution >= 4 is 11.6 Å². The fourth-order valence-electron chi connectivity index (χ4n) is 1.43. The van der Waals surface area contributed by atoms with E-state index >= 15 is 0 Å². The van der Waals surface area contributed by atoms with E-state index in [-0.39, 0.29) is 11.8 Å². The Labute approximate surface area is 94.8 Å². The number of carbonyl (C=O) groups excluding carboxylic acids is 1. The molecule has 3 N–H and O–H groups in total. The molecule has 0 fully saturated rings. The zero-order chi connectivity index (χ0) is 12.1. The van der Waals surface area contributed by atoms with Crippen molar-refractivity contribution in [2.24, 2.45) is 5.92 Å². The van der Waals surface area contributed by atoms with Gasteiger partial charge in [-0.3, -0.25) is 4.79 Å². The average molecular weight is 220 g/mol. The maximum absolute atomic E-state index is 12.0. The summed E-state index contributed by atoms with van der Waals surface area (Å²) in [5, 5.41) is 8.72. The van der Waals surface area contributed by atoms with Gasteiger partial charge in [0.25, 0.3) is 5.91 Å². The zero-order valence-corrected chi connectivity index (χ0v) is 9.53. The molecule has 0 aliphatic heterocycles. The van der Waals surface area contributed by atoms with Crippen LogP contribution in [0.15, 0.2) is 12.3 Å². The molecule has 0 aliphatic carbocycles. The van der Waals surface area contributed by atoms with Gasteiger partial charge in [0.15, 0.2) is 0 Å². The number of aromatic nitrogens is 1. The van der Waals surface area contributed by atoms with Crippen LogP contribution in [0.5, 0.6) is 0 Å². The molecule has 0 aliphatic rings. The van der Waals surface area contributed by atoms with Crippen LogP contribution in [-0.4, -0.2) is 28.9 Å². The lowest BCUT2D eigenvalue weighted by Gasteiger charge is -2.21. The first-order valence-electron chi connectivity index (χ1n) is 5.21. The number of nitrogens with one attached hydrogen (secondary N) is 1. The SMILES string of the molecule is CCN(CC(C)C#N)C(=O)c1cc(N)c[nH]1. The highest BCUT2D eigenvalue weighted by molar-refractivity contribution is 5.93. The van der Waals surface area contributed by atoms with Gasteiger partial charge in [-0.15, -0.1) is 0 Å². The molecule has 5 heteroatoms. The first-order valence-corrected chi connectivity index (χ1v) is 5.21. The third-order valence-electron chi connectivity index (χ3n) is 2.32. The number of hydrogen-bond acceptors (Lipinski definition) is 3. The minimum atomic E-state index is -0.170. The van der Waals surface area contributed by atoms with Gasteiger partial charge in [0.2, 0.25) is 0 Å². The summed E-state index contributed by atoms with van der Waals surface area (Å²) in [7, 11) is 0. The molecule has 0 saturated carbocycles. The monoisotopic (exact) mass is 220 g/mol. The molecular formula is C11H16N4O. The fourth-order valence-corrected chi connectivity index (χ4v) is 1.43. The molecule has 1 rings (SSSR count). The van der Waals surface area contributed by atoms with Crippen LogP contribution in [0.4, 0.5) is 5.69 Å². The standard InChI is InChI=1S/C11H16N4O/c1-3-15(7-8(2)5-12)11(16)10-4-9(13)6-14-10/h4,6,8,14H,3,7,13H2,1-2H3. The minimum absolute atomic E-state index is 0.124. The number of nitrogens with two attached hydrogens (primary N) is 1. The van der Waals surface area contributed by atoms with Crippen LogP contribution in [0.3, 0.4) is 0 Å². The predicted molar refractivity (Wildman–Crippen MR) is 61.6 cm³/mol. The van der Waals surface area contributed by atoms with E-state index in [4.69, 9.17) is 11.0 Å². The Morgan fingerprint density at radius 3 is 2.88 bits per heavy atom. The largest absolute Gasteiger partial charge is 0.397 e. The van der Waals surface area contributed by atoms with Gasteiger partial charge in [-0.05, 0) is 19.9 Å². The molecule has 16 heavy (non-hydrogen) atoms. The average Bonchev–Trinajstić information content (AvgIpc) is 2.71. The van der Waals surface area contributed by atoms with Crippen LogP contribution >= 0.6 is 0 Å². The van der Waals surface area contributed by atoms with Crippen LogP contribution in [0.2, 0.25) is 0 Å². The molecule has 1 heterocycles. The van der Waals surface area contributed by atoms with E-state index < -0.39 is 0 Å². The molecule has 5 nitrogen and oxygen atoms in total. The summed E-state index contributed by atoms with van der Waals surface area (Å²) in [5.41, 5.74) is 6.53. The number of carbonyl (C=O) groups is 1. The summed E-state index contributed by atoms with van der Waals surface area (Å²) in [5.74, 6) is -0.294. The topological polar surface area (TPSA) is 85.9 Å². The third kappa shape index (κ3) is 2.76. The van der Waals surface area contributed by atoms with Gasteiger partial charge >= 0.3 is 0 Å². The number of rotatable bonds is 4. The molecule has 0 spiro atoms. The number of hydrogen-bond donors (Lipinski definition) is 2. The number of nitriles is 1. The lowest BCUT2D eigenvalue weighted by Crippen LogP contribution is -2.34. The fraction of sp³-hybridized carbons (Fsp3) is 0.455. The Hall–Kier alpha value is -1.96. The summed E-state index contributed by atoms with van der Waals surface area (Å²) >= 11 is 0. The molecule has 1 aromatic rings. The predicted octanol–water partition coefficient (Wildman–Crippen LogP) is 1.22. The Morgan fingerprint density at radius 1 is 1.75 bits per heavy atom. The van der Waals surface area contributed by atoms with E-state index in [1.54, 1.807) is 24.1 Å². The number of amides is 1. The third-order valence-corrected chi connectivity index (χ3v) is 2.32. The smallest absolute Gasteiger partial charge is 0.270 e. The quantitative estimate of drug-likeness (QED) is 0.799. The van der Waals surface area contributed by atoms with E-state index in [0.717, 1.165) is 0 Å². The van der Waals surface area contributed by atoms with Crippen molar-refractivity contribution in [1.29, 1.82) is 5.26 Å². The Balaban J connectivity index is 2.74. The molecule has 1 unspecified atom stereocenters. The van der Waals surface area contributed by atoms with Gasteiger partial charge in [0.1, 0.15) is 5.69 Å².